The number of amides is 1. The second-order valence-electron chi connectivity index (χ2n) is 5.11. The van der Waals surface area contributed by atoms with Gasteiger partial charge in [0.05, 0.1) is 0 Å². The zero-order chi connectivity index (χ0) is 15.6. The molecule has 0 saturated carbocycles. The molecular weight excluding hydrogens is 320 g/mol. The number of rotatable bonds is 4. The molecule has 1 aromatic heterocycles. The summed E-state index contributed by atoms with van der Waals surface area (Å²) in [5.74, 6) is 0.00478. The van der Waals surface area contributed by atoms with Gasteiger partial charge in [0.2, 0.25) is 0 Å². The lowest BCUT2D eigenvalue weighted by atomic mass is 10.2. The van der Waals surface area contributed by atoms with Crippen LogP contribution in [0.3, 0.4) is 0 Å². The van der Waals surface area contributed by atoms with Crippen LogP contribution < -0.4 is 4.72 Å². The maximum absolute atomic E-state index is 12.2. The summed E-state index contributed by atoms with van der Waals surface area (Å²) in [6, 6.07) is 9.80. The van der Waals surface area contributed by atoms with E-state index in [4.69, 9.17) is 0 Å². The van der Waals surface area contributed by atoms with Crippen molar-refractivity contribution in [1.29, 1.82) is 0 Å². The third kappa shape index (κ3) is 3.15. The number of benzene rings is 1. The van der Waals surface area contributed by atoms with Crippen LogP contribution in [-0.4, -0.2) is 32.3 Å². The Morgan fingerprint density at radius 2 is 1.77 bits per heavy atom. The highest BCUT2D eigenvalue weighted by atomic mass is 32.2. The molecule has 0 spiro atoms. The van der Waals surface area contributed by atoms with E-state index in [9.17, 15) is 13.2 Å². The lowest BCUT2D eigenvalue weighted by Crippen LogP contribution is -2.27. The molecule has 1 aliphatic heterocycles. The van der Waals surface area contributed by atoms with Crippen molar-refractivity contribution < 1.29 is 13.2 Å². The van der Waals surface area contributed by atoms with Gasteiger partial charge in [-0.1, -0.05) is 6.07 Å². The van der Waals surface area contributed by atoms with Crippen LogP contribution in [0.4, 0.5) is 5.69 Å². The van der Waals surface area contributed by atoms with Crippen LogP contribution in [0.5, 0.6) is 0 Å². The first-order valence-electron chi connectivity index (χ1n) is 7.02. The van der Waals surface area contributed by atoms with Crippen molar-refractivity contribution in [2.45, 2.75) is 17.1 Å². The summed E-state index contributed by atoms with van der Waals surface area (Å²) in [5, 5.41) is 1.71. The van der Waals surface area contributed by atoms with Gasteiger partial charge in [-0.05, 0) is 48.6 Å². The smallest absolute Gasteiger partial charge is 0.271 e. The highest BCUT2D eigenvalue weighted by Gasteiger charge is 2.20. The van der Waals surface area contributed by atoms with Gasteiger partial charge in [0.15, 0.2) is 0 Å². The topological polar surface area (TPSA) is 66.5 Å². The van der Waals surface area contributed by atoms with E-state index in [1.807, 2.05) is 4.90 Å². The van der Waals surface area contributed by atoms with Gasteiger partial charge in [0.1, 0.15) is 4.21 Å². The average Bonchev–Trinajstić information content (AvgIpc) is 3.20. The lowest BCUT2D eigenvalue weighted by molar-refractivity contribution is 0.0793. The van der Waals surface area contributed by atoms with Crippen molar-refractivity contribution in [1.82, 2.24) is 4.90 Å². The van der Waals surface area contributed by atoms with Gasteiger partial charge in [-0.25, -0.2) is 8.42 Å². The first kappa shape index (κ1) is 15.1. The molecule has 1 aromatic carbocycles. The Morgan fingerprint density at radius 3 is 2.36 bits per heavy atom. The molecule has 2 aromatic rings. The van der Waals surface area contributed by atoms with Crippen LogP contribution >= 0.6 is 11.3 Å². The van der Waals surface area contributed by atoms with E-state index >= 15 is 0 Å². The summed E-state index contributed by atoms with van der Waals surface area (Å²) in [6.45, 7) is 1.59. The van der Waals surface area contributed by atoms with Crippen LogP contribution in [0.2, 0.25) is 0 Å². The fraction of sp³-hybridized carbons (Fsp3) is 0.267. The Labute approximate surface area is 133 Å². The minimum atomic E-state index is -3.55. The van der Waals surface area contributed by atoms with Crippen molar-refractivity contribution in [3.8, 4) is 0 Å². The molecule has 1 N–H and O–H groups in total. The Balaban J connectivity index is 1.73. The first-order valence-corrected chi connectivity index (χ1v) is 9.38. The van der Waals surface area contributed by atoms with Crippen molar-refractivity contribution >= 4 is 33.0 Å². The van der Waals surface area contributed by atoms with E-state index in [0.29, 0.717) is 11.3 Å². The SMILES string of the molecule is O=C(c1ccc(NS(=O)(=O)c2cccs2)cc1)N1CCCC1. The Hall–Kier alpha value is -1.86. The molecule has 2 heterocycles. The second-order valence-corrected chi connectivity index (χ2v) is 7.97. The molecule has 5 nitrogen and oxygen atoms in total. The first-order chi connectivity index (χ1) is 10.6. The molecular formula is C15H16N2O3S2. The predicted octanol–water partition coefficient (Wildman–Crippen LogP) is 2.78. The molecule has 22 heavy (non-hydrogen) atoms. The number of thiophene rings is 1. The summed E-state index contributed by atoms with van der Waals surface area (Å²) in [6.07, 6.45) is 2.09. The zero-order valence-electron chi connectivity index (χ0n) is 11.9. The molecule has 0 radical (unpaired) electrons. The van der Waals surface area contributed by atoms with Gasteiger partial charge in [-0.2, -0.15) is 0 Å². The van der Waals surface area contributed by atoms with Crippen molar-refractivity contribution in [2.24, 2.45) is 0 Å². The molecule has 1 fully saturated rings. The maximum Gasteiger partial charge on any atom is 0.271 e. The number of anilines is 1. The Kier molecular flexibility index (Phi) is 4.17. The van der Waals surface area contributed by atoms with Gasteiger partial charge >= 0.3 is 0 Å². The molecule has 0 aliphatic carbocycles. The number of likely N-dealkylation sites (tertiary alicyclic amines) is 1. The fourth-order valence-electron chi connectivity index (χ4n) is 2.41. The summed E-state index contributed by atoms with van der Waals surface area (Å²) < 4.78 is 27.0. The highest BCUT2D eigenvalue weighted by Crippen LogP contribution is 2.21. The normalized spacial score (nSPS) is 15.0. The van der Waals surface area contributed by atoms with E-state index in [1.165, 1.54) is 0 Å². The number of nitrogens with zero attached hydrogens (tertiary/aromatic N) is 1. The van der Waals surface area contributed by atoms with Gasteiger partial charge < -0.3 is 4.90 Å². The third-order valence-electron chi connectivity index (χ3n) is 3.54. The number of sulfonamides is 1. The molecule has 0 bridgehead atoms. The molecule has 1 aliphatic rings. The minimum Gasteiger partial charge on any atom is -0.339 e. The Morgan fingerprint density at radius 1 is 1.09 bits per heavy atom. The van der Waals surface area contributed by atoms with Crippen LogP contribution in [0.15, 0.2) is 46.0 Å². The number of carbonyl (C=O) groups is 1. The minimum absolute atomic E-state index is 0.00478. The number of hydrogen-bond donors (Lipinski definition) is 1. The molecule has 116 valence electrons. The maximum atomic E-state index is 12.2. The lowest BCUT2D eigenvalue weighted by Gasteiger charge is -2.15. The predicted molar refractivity (Wildman–Crippen MR) is 86.7 cm³/mol. The highest BCUT2D eigenvalue weighted by molar-refractivity contribution is 7.94. The van der Waals surface area contributed by atoms with E-state index in [2.05, 4.69) is 4.72 Å². The van der Waals surface area contributed by atoms with Gasteiger partial charge in [-0.15, -0.1) is 11.3 Å². The Bertz CT molecular complexity index is 747. The van der Waals surface area contributed by atoms with Crippen LogP contribution in [-0.2, 0) is 10.0 Å². The number of carbonyl (C=O) groups excluding carboxylic acids is 1. The quantitative estimate of drug-likeness (QED) is 0.933. The average molecular weight is 336 g/mol. The summed E-state index contributed by atoms with van der Waals surface area (Å²) in [7, 11) is -3.55. The molecule has 7 heteroatoms. The van der Waals surface area contributed by atoms with Gasteiger partial charge in [-0.3, -0.25) is 9.52 Å². The fourth-order valence-corrected chi connectivity index (χ4v) is 4.46. The van der Waals surface area contributed by atoms with Crippen LogP contribution in [0, 0.1) is 0 Å². The van der Waals surface area contributed by atoms with E-state index < -0.39 is 10.0 Å². The van der Waals surface area contributed by atoms with E-state index in [1.54, 1.807) is 41.8 Å². The summed E-state index contributed by atoms with van der Waals surface area (Å²) in [4.78, 5) is 14.0. The summed E-state index contributed by atoms with van der Waals surface area (Å²) >= 11 is 1.16. The van der Waals surface area contributed by atoms with Gasteiger partial charge in [0, 0.05) is 24.3 Å². The largest absolute Gasteiger partial charge is 0.339 e. The third-order valence-corrected chi connectivity index (χ3v) is 6.32. The zero-order valence-corrected chi connectivity index (χ0v) is 13.5. The molecule has 0 atom stereocenters. The van der Waals surface area contributed by atoms with Gasteiger partial charge in [0.25, 0.3) is 15.9 Å². The number of nitrogens with one attached hydrogen (secondary N) is 1. The van der Waals surface area contributed by atoms with Crippen molar-refractivity contribution in [2.75, 3.05) is 17.8 Å². The molecule has 3 rings (SSSR count). The summed E-state index contributed by atoms with van der Waals surface area (Å²) in [5.41, 5.74) is 1.03. The second kappa shape index (κ2) is 6.10. The van der Waals surface area contributed by atoms with Crippen LogP contribution in [0.1, 0.15) is 23.2 Å². The van der Waals surface area contributed by atoms with E-state index in [-0.39, 0.29) is 10.1 Å². The number of hydrogen-bond acceptors (Lipinski definition) is 4. The van der Waals surface area contributed by atoms with E-state index in [0.717, 1.165) is 37.3 Å². The standard InChI is InChI=1S/C15H16N2O3S2/c18-15(17-9-1-2-10-17)12-5-7-13(8-6-12)16-22(19,20)14-4-3-11-21-14/h3-8,11,16H,1-2,9-10H2. The molecule has 1 saturated heterocycles. The van der Waals surface area contributed by atoms with Crippen molar-refractivity contribution in [3.63, 3.8) is 0 Å². The van der Waals surface area contributed by atoms with Crippen molar-refractivity contribution in [3.05, 3.63) is 47.3 Å². The monoisotopic (exact) mass is 336 g/mol. The molecule has 0 unspecified atom stereocenters. The molecule has 1 amide bonds. The van der Waals surface area contributed by atoms with Crippen LogP contribution in [0.25, 0.3) is 0 Å².